The second-order valence-electron chi connectivity index (χ2n) is 6.93. The predicted octanol–water partition coefficient (Wildman–Crippen LogP) is 4.34. The van der Waals surface area contributed by atoms with Gasteiger partial charge in [0.25, 0.3) is 0 Å². The molecule has 1 aliphatic carbocycles. The van der Waals surface area contributed by atoms with E-state index in [1.54, 1.807) is 6.20 Å². The van der Waals surface area contributed by atoms with E-state index in [4.69, 9.17) is 11.6 Å². The Kier molecular flexibility index (Phi) is 4.03. The number of rotatable bonds is 6. The van der Waals surface area contributed by atoms with Crippen LogP contribution in [0.15, 0.2) is 18.5 Å². The molecule has 132 valence electrons. The smallest absolute Gasteiger partial charge is 0.232 e. The molecule has 3 N–H and O–H groups in total. The van der Waals surface area contributed by atoms with Crippen LogP contribution < -0.4 is 10.6 Å². The van der Waals surface area contributed by atoms with Crippen LogP contribution in [-0.2, 0) is 0 Å². The Morgan fingerprint density at radius 2 is 2.04 bits per heavy atom. The summed E-state index contributed by atoms with van der Waals surface area (Å²) in [5.41, 5.74) is 0.780. The van der Waals surface area contributed by atoms with Crippen LogP contribution in [0.25, 0.3) is 11.0 Å². The fraction of sp³-hybridized carbons (Fsp3) is 0.471. The molecule has 3 heterocycles. The van der Waals surface area contributed by atoms with Gasteiger partial charge in [-0.05, 0) is 45.6 Å². The van der Waals surface area contributed by atoms with Gasteiger partial charge in [0.1, 0.15) is 16.5 Å². The Morgan fingerprint density at radius 3 is 2.72 bits per heavy atom. The minimum Gasteiger partial charge on any atom is -0.367 e. The fourth-order valence-electron chi connectivity index (χ4n) is 2.86. The topological polar surface area (TPSA) is 83.4 Å². The Hall–Kier alpha value is -2.28. The molecule has 3 aromatic rings. The first-order valence-electron chi connectivity index (χ1n) is 8.64. The number of anilines is 3. The van der Waals surface area contributed by atoms with E-state index >= 15 is 0 Å². The van der Waals surface area contributed by atoms with E-state index in [1.165, 1.54) is 12.8 Å². The molecule has 3 aromatic heterocycles. The van der Waals surface area contributed by atoms with Crippen LogP contribution in [-0.4, -0.2) is 30.8 Å². The molecule has 0 aliphatic heterocycles. The van der Waals surface area contributed by atoms with Crippen molar-refractivity contribution in [2.45, 2.75) is 45.7 Å². The van der Waals surface area contributed by atoms with Crippen LogP contribution in [0.2, 0.25) is 5.02 Å². The summed E-state index contributed by atoms with van der Waals surface area (Å²) < 4.78 is 1.81. The molecule has 25 heavy (non-hydrogen) atoms. The SMILES string of the molecule is CC(Nc1nc(Nc2nn(C(C)C)cc2Cl)nc2[nH]ccc12)C1CC1. The number of fused-ring (bicyclic) bond motifs is 1. The number of hydrogen-bond donors (Lipinski definition) is 3. The lowest BCUT2D eigenvalue weighted by Crippen LogP contribution is -2.18. The molecule has 1 saturated carbocycles. The first-order valence-corrected chi connectivity index (χ1v) is 9.02. The first kappa shape index (κ1) is 16.2. The molecule has 1 aliphatic rings. The van der Waals surface area contributed by atoms with Crippen LogP contribution in [0.5, 0.6) is 0 Å². The quantitative estimate of drug-likeness (QED) is 0.609. The Morgan fingerprint density at radius 1 is 1.24 bits per heavy atom. The zero-order chi connectivity index (χ0) is 17.6. The number of aromatic amines is 1. The van der Waals surface area contributed by atoms with Gasteiger partial charge in [0, 0.05) is 24.5 Å². The van der Waals surface area contributed by atoms with Gasteiger partial charge < -0.3 is 15.6 Å². The number of hydrogen-bond acceptors (Lipinski definition) is 5. The normalized spacial score (nSPS) is 15.7. The Bertz CT molecular complexity index is 894. The summed E-state index contributed by atoms with van der Waals surface area (Å²) in [6.45, 7) is 6.30. The maximum atomic E-state index is 6.29. The second kappa shape index (κ2) is 6.22. The predicted molar refractivity (Wildman–Crippen MR) is 101 cm³/mol. The Balaban J connectivity index is 1.65. The minimum atomic E-state index is 0.233. The molecule has 8 heteroatoms. The maximum absolute atomic E-state index is 6.29. The Labute approximate surface area is 151 Å². The summed E-state index contributed by atoms with van der Waals surface area (Å²) >= 11 is 6.29. The highest BCUT2D eigenvalue weighted by Gasteiger charge is 2.28. The van der Waals surface area contributed by atoms with Gasteiger partial charge in [-0.2, -0.15) is 15.1 Å². The van der Waals surface area contributed by atoms with Gasteiger partial charge in [0.15, 0.2) is 5.82 Å². The summed E-state index contributed by atoms with van der Waals surface area (Å²) in [4.78, 5) is 12.3. The molecule has 0 radical (unpaired) electrons. The van der Waals surface area contributed by atoms with Crippen molar-refractivity contribution in [2.24, 2.45) is 5.92 Å². The van der Waals surface area contributed by atoms with Crippen molar-refractivity contribution < 1.29 is 0 Å². The average Bonchev–Trinajstić information content (AvgIpc) is 3.20. The summed E-state index contributed by atoms with van der Waals surface area (Å²) in [6, 6.07) is 2.61. The van der Waals surface area contributed by atoms with Crippen LogP contribution >= 0.6 is 11.6 Å². The molecule has 1 fully saturated rings. The van der Waals surface area contributed by atoms with Crippen LogP contribution in [0.1, 0.15) is 39.7 Å². The van der Waals surface area contributed by atoms with Gasteiger partial charge in [-0.1, -0.05) is 11.6 Å². The second-order valence-corrected chi connectivity index (χ2v) is 7.34. The van der Waals surface area contributed by atoms with Gasteiger partial charge in [-0.3, -0.25) is 4.68 Å². The summed E-state index contributed by atoms with van der Waals surface area (Å²) in [7, 11) is 0. The van der Waals surface area contributed by atoms with Crippen molar-refractivity contribution in [1.29, 1.82) is 0 Å². The van der Waals surface area contributed by atoms with Crippen molar-refractivity contribution in [3.05, 3.63) is 23.5 Å². The van der Waals surface area contributed by atoms with Crippen LogP contribution in [0.4, 0.5) is 17.6 Å². The van der Waals surface area contributed by atoms with E-state index in [2.05, 4.69) is 51.5 Å². The third kappa shape index (κ3) is 3.28. The summed E-state index contributed by atoms with van der Waals surface area (Å²) in [5, 5.41) is 12.7. The van der Waals surface area contributed by atoms with E-state index < -0.39 is 0 Å². The monoisotopic (exact) mass is 359 g/mol. The van der Waals surface area contributed by atoms with Gasteiger partial charge in [-0.25, -0.2) is 0 Å². The van der Waals surface area contributed by atoms with Gasteiger partial charge in [0.2, 0.25) is 5.95 Å². The van der Waals surface area contributed by atoms with Crippen molar-refractivity contribution in [1.82, 2.24) is 24.7 Å². The molecule has 0 spiro atoms. The zero-order valence-corrected chi connectivity index (χ0v) is 15.3. The summed E-state index contributed by atoms with van der Waals surface area (Å²) in [5.74, 6) is 2.59. The van der Waals surface area contributed by atoms with E-state index in [9.17, 15) is 0 Å². The lowest BCUT2D eigenvalue weighted by Gasteiger charge is -2.15. The van der Waals surface area contributed by atoms with Gasteiger partial charge in [-0.15, -0.1) is 0 Å². The number of nitrogens with zero attached hydrogens (tertiary/aromatic N) is 4. The van der Waals surface area contributed by atoms with Gasteiger partial charge >= 0.3 is 0 Å². The lowest BCUT2D eigenvalue weighted by molar-refractivity contribution is 0.534. The van der Waals surface area contributed by atoms with Crippen molar-refractivity contribution >= 4 is 40.2 Å². The maximum Gasteiger partial charge on any atom is 0.232 e. The average molecular weight is 360 g/mol. The highest BCUT2D eigenvalue weighted by Crippen LogP contribution is 2.35. The first-order chi connectivity index (χ1) is 12.0. The van der Waals surface area contributed by atoms with E-state index in [1.807, 2.05) is 16.9 Å². The molecule has 0 bridgehead atoms. The molecular formula is C17H22ClN7. The number of H-pyrrole nitrogens is 1. The molecule has 0 amide bonds. The molecule has 0 saturated heterocycles. The zero-order valence-electron chi connectivity index (χ0n) is 14.5. The minimum absolute atomic E-state index is 0.233. The largest absolute Gasteiger partial charge is 0.367 e. The van der Waals surface area contributed by atoms with Crippen molar-refractivity contribution in [3.63, 3.8) is 0 Å². The van der Waals surface area contributed by atoms with Crippen LogP contribution in [0, 0.1) is 5.92 Å². The van der Waals surface area contributed by atoms with Crippen molar-refractivity contribution in [3.8, 4) is 0 Å². The van der Waals surface area contributed by atoms with E-state index in [0.717, 1.165) is 22.8 Å². The van der Waals surface area contributed by atoms with E-state index in [-0.39, 0.29) is 6.04 Å². The number of halogens is 1. The van der Waals surface area contributed by atoms with Crippen LogP contribution in [0.3, 0.4) is 0 Å². The highest BCUT2D eigenvalue weighted by molar-refractivity contribution is 6.33. The fourth-order valence-corrected chi connectivity index (χ4v) is 3.05. The third-order valence-corrected chi connectivity index (χ3v) is 4.83. The van der Waals surface area contributed by atoms with E-state index in [0.29, 0.717) is 22.8 Å². The molecule has 0 aromatic carbocycles. The molecule has 1 unspecified atom stereocenters. The summed E-state index contributed by atoms with van der Waals surface area (Å²) in [6.07, 6.45) is 6.23. The lowest BCUT2D eigenvalue weighted by atomic mass is 10.2. The molecule has 4 rings (SSSR count). The van der Waals surface area contributed by atoms with Gasteiger partial charge in [0.05, 0.1) is 5.39 Å². The molecular weight excluding hydrogens is 338 g/mol. The third-order valence-electron chi connectivity index (χ3n) is 4.56. The molecule has 7 nitrogen and oxygen atoms in total. The van der Waals surface area contributed by atoms with Crippen molar-refractivity contribution in [2.75, 3.05) is 10.6 Å². The number of aromatic nitrogens is 5. The highest BCUT2D eigenvalue weighted by atomic mass is 35.5. The molecule has 1 atom stereocenters. The standard InChI is InChI=1S/C17H22ClN7/c1-9(2)25-8-13(18)16(24-25)23-17-21-14-12(6-7-19-14)15(22-17)20-10(3)11-4-5-11/h6-11H,4-5H2,1-3H3,(H3,19,20,21,22,23,24). The number of nitrogens with one attached hydrogen (secondary N) is 3.